The Labute approximate surface area is 178 Å². The number of nitrogens with one attached hydrogen (secondary N) is 3. The summed E-state index contributed by atoms with van der Waals surface area (Å²) in [4.78, 5) is 19.3. The summed E-state index contributed by atoms with van der Waals surface area (Å²) < 4.78 is 5.69. The molecule has 3 rings (SSSR count). The molecule has 1 atom stereocenters. The molecule has 1 aromatic carbocycles. The highest BCUT2D eigenvalue weighted by atomic mass is 32.1. The van der Waals surface area contributed by atoms with Crippen LogP contribution in [0.3, 0.4) is 0 Å². The lowest BCUT2D eigenvalue weighted by Crippen LogP contribution is -3.06. The van der Waals surface area contributed by atoms with Crippen LogP contribution in [0.5, 0.6) is 0 Å². The summed E-state index contributed by atoms with van der Waals surface area (Å²) in [7, 11) is 4.24. The van der Waals surface area contributed by atoms with Crippen LogP contribution in [0.25, 0.3) is 10.9 Å². The number of hydrogen-bond donors (Lipinski definition) is 3. The van der Waals surface area contributed by atoms with Crippen LogP contribution < -0.4 is 15.8 Å². The molecule has 29 heavy (non-hydrogen) atoms. The fraction of sp³-hybridized carbons (Fsp3) is 0.545. The molecule has 158 valence electrons. The van der Waals surface area contributed by atoms with Gasteiger partial charge in [0.25, 0.3) is 5.56 Å². The van der Waals surface area contributed by atoms with Crippen LogP contribution in [0.2, 0.25) is 0 Å². The highest BCUT2D eigenvalue weighted by molar-refractivity contribution is 7.80. The molecule has 3 N–H and O–H groups in total. The highest BCUT2D eigenvalue weighted by Gasteiger charge is 2.19. The maximum atomic E-state index is 12.8. The number of hydrogen-bond acceptors (Lipinski definition) is 3. The molecule has 1 fully saturated rings. The van der Waals surface area contributed by atoms with Gasteiger partial charge in [-0.05, 0) is 62.0 Å². The smallest absolute Gasteiger partial charge is 0.253 e. The molecule has 1 saturated heterocycles. The van der Waals surface area contributed by atoms with Crippen LogP contribution in [-0.2, 0) is 11.3 Å². The van der Waals surface area contributed by atoms with Crippen molar-refractivity contribution in [2.24, 2.45) is 0 Å². The number of pyridine rings is 1. The number of thiocarbonyl (C=S) groups is 1. The molecule has 2 heterocycles. The van der Waals surface area contributed by atoms with Gasteiger partial charge in [0, 0.05) is 18.7 Å². The van der Waals surface area contributed by atoms with Crippen molar-refractivity contribution in [3.63, 3.8) is 0 Å². The minimum absolute atomic E-state index is 0.0476. The topological polar surface area (TPSA) is 61.8 Å². The molecule has 0 aliphatic carbocycles. The average Bonchev–Trinajstić information content (AvgIpc) is 3.17. The molecule has 0 saturated carbocycles. The third kappa shape index (κ3) is 5.78. The largest absolute Gasteiger partial charge is 0.376 e. The summed E-state index contributed by atoms with van der Waals surface area (Å²) in [6.07, 6.45) is 2.41. The Kier molecular flexibility index (Phi) is 7.27. The Bertz CT molecular complexity index is 919. The van der Waals surface area contributed by atoms with Crippen molar-refractivity contribution < 1.29 is 9.64 Å². The Hall–Kier alpha value is -1.96. The molecule has 1 aliphatic heterocycles. The number of quaternary nitrogens is 1. The Balaban J connectivity index is 1.79. The second kappa shape index (κ2) is 9.69. The highest BCUT2D eigenvalue weighted by Crippen LogP contribution is 2.18. The first-order valence-corrected chi connectivity index (χ1v) is 10.8. The summed E-state index contributed by atoms with van der Waals surface area (Å²) in [5.74, 6) is 0. The van der Waals surface area contributed by atoms with Crippen molar-refractivity contribution in [3.8, 4) is 0 Å². The molecule has 1 aromatic heterocycles. The lowest BCUT2D eigenvalue weighted by molar-refractivity contribution is -0.857. The van der Waals surface area contributed by atoms with Gasteiger partial charge in [-0.2, -0.15) is 0 Å². The predicted molar refractivity (Wildman–Crippen MR) is 122 cm³/mol. The van der Waals surface area contributed by atoms with E-state index in [2.05, 4.69) is 48.4 Å². The number of fused-ring (bicyclic) bond motifs is 1. The van der Waals surface area contributed by atoms with Crippen molar-refractivity contribution in [2.75, 3.05) is 40.3 Å². The maximum absolute atomic E-state index is 12.8. The molecular formula is C22H33N4O2S+. The van der Waals surface area contributed by atoms with E-state index in [1.807, 2.05) is 13.0 Å². The van der Waals surface area contributed by atoms with Crippen molar-refractivity contribution in [1.29, 1.82) is 0 Å². The first-order chi connectivity index (χ1) is 13.8. The van der Waals surface area contributed by atoms with Gasteiger partial charge in [-0.1, -0.05) is 11.6 Å². The first kappa shape index (κ1) is 21.7. The van der Waals surface area contributed by atoms with Crippen molar-refractivity contribution >= 4 is 28.2 Å². The lowest BCUT2D eigenvalue weighted by Gasteiger charge is -2.27. The zero-order chi connectivity index (χ0) is 21.0. The number of aromatic amines is 1. The van der Waals surface area contributed by atoms with E-state index >= 15 is 0 Å². The zero-order valence-electron chi connectivity index (χ0n) is 17.9. The number of rotatable bonds is 7. The summed E-state index contributed by atoms with van der Waals surface area (Å²) in [6.45, 7) is 7.86. The normalized spacial score (nSPS) is 16.5. The summed E-state index contributed by atoms with van der Waals surface area (Å²) in [5, 5.41) is 5.10. The lowest BCUT2D eigenvalue weighted by atomic mass is 10.1. The standard InChI is InChI=1S/C22H32N4O2S/c1-15-10-16(2)20-17(11-15)12-18(21(27)24-20)14-26(8-7-25(3)4)22(29)23-13-19-6-5-9-28-19/h10-12,19H,5-9,13-14H2,1-4H3,(H,23,29)(H,24,27)/p+1/t19-/m1/s1. The van der Waals surface area contributed by atoms with Gasteiger partial charge in [0.05, 0.1) is 45.4 Å². The molecule has 2 aromatic rings. The summed E-state index contributed by atoms with van der Waals surface area (Å²) >= 11 is 5.68. The number of likely N-dealkylation sites (N-methyl/N-ethyl adjacent to an activating group) is 1. The molecular weight excluding hydrogens is 384 g/mol. The van der Waals surface area contributed by atoms with E-state index in [-0.39, 0.29) is 11.7 Å². The SMILES string of the molecule is Cc1cc(C)c2[nH]c(=O)c(CN(CC[NH+](C)C)C(=S)NC[C@H]3CCCO3)cc2c1. The van der Waals surface area contributed by atoms with E-state index in [1.165, 1.54) is 10.5 Å². The van der Waals surface area contributed by atoms with E-state index in [1.54, 1.807) is 0 Å². The number of aryl methyl sites for hydroxylation is 2. The number of benzene rings is 1. The van der Waals surface area contributed by atoms with Gasteiger partial charge in [0.1, 0.15) is 0 Å². The van der Waals surface area contributed by atoms with E-state index in [0.717, 1.165) is 61.1 Å². The van der Waals surface area contributed by atoms with Crippen LogP contribution in [0.15, 0.2) is 23.0 Å². The molecule has 1 aliphatic rings. The second-order valence-corrected chi connectivity index (χ2v) is 8.76. The van der Waals surface area contributed by atoms with E-state index in [9.17, 15) is 4.79 Å². The Morgan fingerprint density at radius 3 is 2.83 bits per heavy atom. The third-order valence-corrected chi connectivity index (χ3v) is 5.81. The Morgan fingerprint density at radius 2 is 2.14 bits per heavy atom. The number of ether oxygens (including phenoxy) is 1. The fourth-order valence-corrected chi connectivity index (χ4v) is 4.02. The minimum Gasteiger partial charge on any atom is -0.376 e. The molecule has 6 nitrogen and oxygen atoms in total. The number of aromatic nitrogens is 1. The van der Waals surface area contributed by atoms with E-state index in [0.29, 0.717) is 11.7 Å². The summed E-state index contributed by atoms with van der Waals surface area (Å²) in [6, 6.07) is 6.21. The van der Waals surface area contributed by atoms with Crippen molar-refractivity contribution in [2.45, 2.75) is 39.3 Å². The van der Waals surface area contributed by atoms with Crippen LogP contribution in [-0.4, -0.2) is 61.4 Å². The zero-order valence-corrected chi connectivity index (χ0v) is 18.7. The van der Waals surface area contributed by atoms with Crippen molar-refractivity contribution in [1.82, 2.24) is 15.2 Å². The van der Waals surface area contributed by atoms with E-state index < -0.39 is 0 Å². The second-order valence-electron chi connectivity index (χ2n) is 8.37. The van der Waals surface area contributed by atoms with Gasteiger partial charge in [-0.25, -0.2) is 0 Å². The van der Waals surface area contributed by atoms with Crippen LogP contribution in [0.4, 0.5) is 0 Å². The third-order valence-electron chi connectivity index (χ3n) is 5.41. The molecule has 0 unspecified atom stereocenters. The minimum atomic E-state index is -0.0476. The number of H-pyrrole nitrogens is 1. The molecule has 0 spiro atoms. The van der Waals surface area contributed by atoms with Gasteiger partial charge in [-0.15, -0.1) is 0 Å². The Morgan fingerprint density at radius 1 is 1.34 bits per heavy atom. The molecule has 0 bridgehead atoms. The van der Waals surface area contributed by atoms with Crippen LogP contribution in [0, 0.1) is 13.8 Å². The maximum Gasteiger partial charge on any atom is 0.253 e. The van der Waals surface area contributed by atoms with Crippen molar-refractivity contribution in [3.05, 3.63) is 45.2 Å². The predicted octanol–water partition coefficient (Wildman–Crippen LogP) is 1.14. The number of nitrogens with zero attached hydrogens (tertiary/aromatic N) is 1. The molecule has 7 heteroatoms. The van der Waals surface area contributed by atoms with Gasteiger partial charge in [0.15, 0.2) is 5.11 Å². The van der Waals surface area contributed by atoms with E-state index in [4.69, 9.17) is 17.0 Å². The van der Waals surface area contributed by atoms with Gasteiger partial charge >= 0.3 is 0 Å². The van der Waals surface area contributed by atoms with Gasteiger partial charge in [0.2, 0.25) is 0 Å². The quantitative estimate of drug-likeness (QED) is 0.590. The molecule has 0 radical (unpaired) electrons. The van der Waals surface area contributed by atoms with Crippen LogP contribution >= 0.6 is 12.2 Å². The fourth-order valence-electron chi connectivity index (χ4n) is 3.78. The monoisotopic (exact) mass is 417 g/mol. The van der Waals surface area contributed by atoms with Crippen LogP contribution in [0.1, 0.15) is 29.5 Å². The first-order valence-electron chi connectivity index (χ1n) is 10.4. The average molecular weight is 418 g/mol. The van der Waals surface area contributed by atoms with Gasteiger partial charge in [-0.3, -0.25) is 4.79 Å². The summed E-state index contributed by atoms with van der Waals surface area (Å²) in [5.41, 5.74) is 3.87. The molecule has 0 amide bonds. The van der Waals surface area contributed by atoms with Gasteiger partial charge < -0.3 is 24.8 Å².